The zero-order chi connectivity index (χ0) is 38.0. The molecule has 3 atom stereocenters. The number of rotatable bonds is 7. The van der Waals surface area contributed by atoms with Crippen molar-refractivity contribution in [1.82, 2.24) is 19.9 Å². The summed E-state index contributed by atoms with van der Waals surface area (Å²) in [4.78, 5) is 18.5. The first-order chi connectivity index (χ1) is 25.8. The molecule has 11 nitrogen and oxygen atoms in total. The van der Waals surface area contributed by atoms with Crippen molar-refractivity contribution in [3.05, 3.63) is 41.5 Å². The van der Waals surface area contributed by atoms with Gasteiger partial charge in [0, 0.05) is 41.5 Å². The molecule has 5 heterocycles. The number of benzene rings is 2. The van der Waals surface area contributed by atoms with Crippen LogP contribution in [0.3, 0.4) is 0 Å². The SMILES string of the molecule is C#Cc1c(F)ccc2cc(O)cc(-c3nc(OC)c4c(N5CCC[C@@](C)(O)C5)nc(OCC56CCCC5N(C5CCS(=O)(=O)CC5)CCC6)nc4c3F)c12. The zero-order valence-corrected chi connectivity index (χ0v) is 31.4. The Balaban J connectivity index is 1.24. The van der Waals surface area contributed by atoms with Gasteiger partial charge in [-0.05, 0) is 88.4 Å². The smallest absolute Gasteiger partial charge is 0.319 e. The van der Waals surface area contributed by atoms with Gasteiger partial charge in [-0.3, -0.25) is 4.90 Å². The maximum atomic E-state index is 17.3. The third kappa shape index (κ3) is 6.47. The molecule has 2 N–H and O–H groups in total. The summed E-state index contributed by atoms with van der Waals surface area (Å²) >= 11 is 0. The van der Waals surface area contributed by atoms with Crippen LogP contribution in [0, 0.1) is 29.4 Å². The molecule has 3 saturated heterocycles. The summed E-state index contributed by atoms with van der Waals surface area (Å²) in [5.41, 5.74) is -1.69. The monoisotopic (exact) mass is 761 g/mol. The number of nitrogens with zero attached hydrogens (tertiary/aromatic N) is 5. The van der Waals surface area contributed by atoms with E-state index in [4.69, 9.17) is 20.9 Å². The number of likely N-dealkylation sites (tertiary alicyclic amines) is 1. The predicted molar refractivity (Wildman–Crippen MR) is 202 cm³/mol. The van der Waals surface area contributed by atoms with E-state index in [1.165, 1.54) is 31.4 Å². The minimum Gasteiger partial charge on any atom is -0.508 e. The molecule has 286 valence electrons. The molecule has 0 amide bonds. The fraction of sp³-hybridized carbons (Fsp3) is 0.525. The van der Waals surface area contributed by atoms with E-state index in [2.05, 4.69) is 20.8 Å². The number of phenols is 1. The van der Waals surface area contributed by atoms with Crippen molar-refractivity contribution in [2.45, 2.75) is 82.4 Å². The van der Waals surface area contributed by atoms with Gasteiger partial charge < -0.3 is 24.6 Å². The predicted octanol–water partition coefficient (Wildman–Crippen LogP) is 5.76. The summed E-state index contributed by atoms with van der Waals surface area (Å²) in [6.07, 6.45) is 13.1. The second-order valence-corrected chi connectivity index (χ2v) is 18.1. The Labute approximate surface area is 313 Å². The number of aliphatic hydroxyl groups is 1. The van der Waals surface area contributed by atoms with Crippen LogP contribution in [0.25, 0.3) is 32.9 Å². The molecule has 2 aromatic heterocycles. The topological polar surface area (TPSA) is 138 Å². The molecule has 8 rings (SSSR count). The zero-order valence-electron chi connectivity index (χ0n) is 30.6. The molecule has 4 aliphatic rings. The van der Waals surface area contributed by atoms with Crippen LogP contribution in [0.4, 0.5) is 14.6 Å². The fourth-order valence-corrected chi connectivity index (χ4v) is 11.1. The summed E-state index contributed by atoms with van der Waals surface area (Å²) in [5.74, 6) is 1.35. The van der Waals surface area contributed by atoms with Gasteiger partial charge in [0.25, 0.3) is 0 Å². The normalized spacial score (nSPS) is 26.1. The van der Waals surface area contributed by atoms with Crippen LogP contribution in [-0.4, -0.2) is 101 Å². The van der Waals surface area contributed by atoms with Crippen molar-refractivity contribution in [3.8, 4) is 41.2 Å². The van der Waals surface area contributed by atoms with E-state index in [-0.39, 0.29) is 86.3 Å². The third-order valence-corrected chi connectivity index (χ3v) is 13.9. The molecule has 54 heavy (non-hydrogen) atoms. The lowest BCUT2D eigenvalue weighted by Gasteiger charge is -2.50. The Bertz CT molecular complexity index is 2280. The molecule has 0 spiro atoms. The largest absolute Gasteiger partial charge is 0.508 e. The number of β-amino-alcohol motifs (C(OH)–C–C–N with tert-alkyl or cyclic N) is 1. The lowest BCUT2D eigenvalue weighted by Crippen LogP contribution is -2.56. The molecular weight excluding hydrogens is 717 g/mol. The number of halogens is 2. The number of pyridine rings is 1. The second-order valence-electron chi connectivity index (χ2n) is 15.8. The lowest BCUT2D eigenvalue weighted by molar-refractivity contribution is -0.0246. The minimum absolute atomic E-state index is 0.00445. The highest BCUT2D eigenvalue weighted by atomic mass is 32.2. The molecule has 1 aliphatic carbocycles. The highest BCUT2D eigenvalue weighted by Gasteiger charge is 2.50. The van der Waals surface area contributed by atoms with Gasteiger partial charge in [-0.2, -0.15) is 9.97 Å². The highest BCUT2D eigenvalue weighted by Crippen LogP contribution is 2.50. The number of fused-ring (bicyclic) bond motifs is 3. The Morgan fingerprint density at radius 3 is 2.52 bits per heavy atom. The Morgan fingerprint density at radius 2 is 1.78 bits per heavy atom. The maximum absolute atomic E-state index is 17.3. The summed E-state index contributed by atoms with van der Waals surface area (Å²) in [5, 5.41) is 22.6. The van der Waals surface area contributed by atoms with Crippen molar-refractivity contribution in [1.29, 1.82) is 0 Å². The van der Waals surface area contributed by atoms with Gasteiger partial charge in [0.1, 0.15) is 43.8 Å². The van der Waals surface area contributed by atoms with Crippen molar-refractivity contribution in [3.63, 3.8) is 0 Å². The first-order valence-electron chi connectivity index (χ1n) is 18.8. The Hall–Kier alpha value is -4.32. The van der Waals surface area contributed by atoms with Crippen molar-refractivity contribution < 1.29 is 36.9 Å². The first-order valence-corrected chi connectivity index (χ1v) is 20.6. The van der Waals surface area contributed by atoms with Crippen molar-refractivity contribution in [2.75, 3.05) is 49.8 Å². The van der Waals surface area contributed by atoms with Crippen LogP contribution in [0.5, 0.6) is 17.6 Å². The minimum atomic E-state index is -2.99. The quantitative estimate of drug-likeness (QED) is 0.223. The summed E-state index contributed by atoms with van der Waals surface area (Å²) in [6, 6.07) is 5.73. The maximum Gasteiger partial charge on any atom is 0.319 e. The number of terminal acetylenes is 1. The number of sulfone groups is 1. The number of hydrogen-bond acceptors (Lipinski definition) is 11. The van der Waals surface area contributed by atoms with Crippen LogP contribution < -0.4 is 14.4 Å². The summed E-state index contributed by atoms with van der Waals surface area (Å²) < 4.78 is 69.1. The highest BCUT2D eigenvalue weighted by molar-refractivity contribution is 7.91. The molecule has 1 saturated carbocycles. The number of hydrogen-bond donors (Lipinski definition) is 2. The molecule has 2 aromatic carbocycles. The van der Waals surface area contributed by atoms with Crippen molar-refractivity contribution >= 4 is 37.3 Å². The number of aromatic hydroxyl groups is 1. The van der Waals surface area contributed by atoms with E-state index in [1.54, 1.807) is 6.92 Å². The third-order valence-electron chi connectivity index (χ3n) is 12.2. The second kappa shape index (κ2) is 13.8. The van der Waals surface area contributed by atoms with E-state index >= 15 is 8.78 Å². The molecular formula is C40H45F2N5O6S. The number of aromatic nitrogens is 3. The van der Waals surface area contributed by atoms with Crippen LogP contribution in [-0.2, 0) is 9.84 Å². The molecule has 4 fully saturated rings. The van der Waals surface area contributed by atoms with Gasteiger partial charge in [0.15, 0.2) is 5.82 Å². The molecule has 4 aromatic rings. The van der Waals surface area contributed by atoms with Gasteiger partial charge in [-0.15, -0.1) is 6.42 Å². The van der Waals surface area contributed by atoms with Crippen LogP contribution in [0.2, 0.25) is 0 Å². The Morgan fingerprint density at radius 1 is 1.02 bits per heavy atom. The summed E-state index contributed by atoms with van der Waals surface area (Å²) in [6.45, 7) is 3.69. The average Bonchev–Trinajstić information content (AvgIpc) is 3.58. The van der Waals surface area contributed by atoms with E-state index < -0.39 is 27.1 Å². The first kappa shape index (κ1) is 36.6. The molecule has 14 heteroatoms. The number of phenolic OH excluding ortho intramolecular Hbond substituents is 1. The number of methoxy groups -OCH3 is 1. The van der Waals surface area contributed by atoms with E-state index in [0.29, 0.717) is 50.0 Å². The van der Waals surface area contributed by atoms with Crippen molar-refractivity contribution in [2.24, 2.45) is 5.41 Å². The number of anilines is 1. The Kier molecular flexibility index (Phi) is 9.34. The van der Waals surface area contributed by atoms with E-state index in [0.717, 1.165) is 38.6 Å². The lowest BCUT2D eigenvalue weighted by atomic mass is 9.74. The van der Waals surface area contributed by atoms with Crippen LogP contribution in [0.1, 0.15) is 70.3 Å². The fourth-order valence-electron chi connectivity index (χ4n) is 9.67. The standard InChI is InChI=1S/C40H45F2N5O6S/c1-4-27-29(41)10-9-24-20-26(48)21-28(31(24)27)34-33(42)35-32(37(43-34)52-3)36(46-16-6-13-39(2,49)22-46)45-38(44-35)53-23-40-14-5-8-30(40)47(17-7-15-40)25-11-18-54(50,51)19-12-25/h1,9-10,20-21,25,30,48-49H,5-8,11-19,22-23H2,2-3H3/t30?,39-,40?/m1/s1. The van der Waals surface area contributed by atoms with Gasteiger partial charge in [-0.25, -0.2) is 22.2 Å². The van der Waals surface area contributed by atoms with Gasteiger partial charge in [0.05, 0.1) is 36.4 Å². The number of piperidine rings is 2. The van der Waals surface area contributed by atoms with Crippen LogP contribution >= 0.6 is 0 Å². The number of ether oxygens (including phenoxy) is 2. The molecule has 0 bridgehead atoms. The van der Waals surface area contributed by atoms with Gasteiger partial charge in [-0.1, -0.05) is 18.4 Å². The molecule has 2 unspecified atom stereocenters. The van der Waals surface area contributed by atoms with E-state index in [9.17, 15) is 18.6 Å². The molecule has 0 radical (unpaired) electrons. The average molecular weight is 762 g/mol. The van der Waals surface area contributed by atoms with Gasteiger partial charge >= 0.3 is 6.01 Å². The van der Waals surface area contributed by atoms with E-state index in [1.807, 2.05) is 4.90 Å². The summed E-state index contributed by atoms with van der Waals surface area (Å²) in [7, 11) is -1.60. The molecule has 3 aliphatic heterocycles. The van der Waals surface area contributed by atoms with Gasteiger partial charge in [0.2, 0.25) is 5.88 Å². The van der Waals surface area contributed by atoms with Crippen LogP contribution in [0.15, 0.2) is 24.3 Å².